The highest BCUT2D eigenvalue weighted by Gasteiger charge is 2.28. The molecule has 0 saturated heterocycles. The first-order valence-electron chi connectivity index (χ1n) is 7.58. The summed E-state index contributed by atoms with van der Waals surface area (Å²) in [6.45, 7) is -0.255. The van der Waals surface area contributed by atoms with Gasteiger partial charge < -0.3 is 19.7 Å². The maximum absolute atomic E-state index is 12.7. The van der Waals surface area contributed by atoms with Crippen LogP contribution in [0.3, 0.4) is 0 Å². The molecule has 1 unspecified atom stereocenters. The molecule has 0 radical (unpaired) electrons. The number of amides is 2. The Labute approximate surface area is 145 Å². The molecule has 0 heterocycles. The molecular formula is C17H20N2O6. The lowest BCUT2D eigenvalue weighted by molar-refractivity contribution is -0.125. The van der Waals surface area contributed by atoms with Crippen LogP contribution in [0, 0.1) is 0 Å². The molecule has 8 nitrogen and oxygen atoms in total. The zero-order valence-electron chi connectivity index (χ0n) is 14.1. The second kappa shape index (κ2) is 9.96. The summed E-state index contributed by atoms with van der Waals surface area (Å²) in [7, 11) is 2.85. The number of carbonyl (C=O) groups is 5. The molecule has 1 atom stereocenters. The summed E-state index contributed by atoms with van der Waals surface area (Å²) in [5, 5.41) is 2.45. The number of rotatable bonds is 10. The van der Waals surface area contributed by atoms with Gasteiger partial charge in [0.05, 0.1) is 11.1 Å². The van der Waals surface area contributed by atoms with Gasteiger partial charge >= 0.3 is 0 Å². The Kier molecular flexibility index (Phi) is 7.98. The molecule has 0 aromatic heterocycles. The van der Waals surface area contributed by atoms with E-state index >= 15 is 0 Å². The van der Waals surface area contributed by atoms with Gasteiger partial charge in [-0.2, -0.15) is 0 Å². The highest BCUT2D eigenvalue weighted by Crippen LogP contribution is 2.23. The molecule has 0 aliphatic carbocycles. The van der Waals surface area contributed by atoms with Crippen LogP contribution >= 0.6 is 0 Å². The zero-order chi connectivity index (χ0) is 18.8. The molecule has 134 valence electrons. The van der Waals surface area contributed by atoms with E-state index in [0.29, 0.717) is 18.9 Å². The minimum atomic E-state index is -0.859. The molecule has 25 heavy (non-hydrogen) atoms. The predicted octanol–water partition coefficient (Wildman–Crippen LogP) is 0.242. The lowest BCUT2D eigenvalue weighted by Gasteiger charge is -2.27. The topological polar surface area (TPSA) is 110 Å². The first-order chi connectivity index (χ1) is 12.0. The summed E-state index contributed by atoms with van der Waals surface area (Å²) in [6.07, 6.45) is 1.92. The number of nitrogens with one attached hydrogen (secondary N) is 1. The second-order valence-electron chi connectivity index (χ2n) is 5.10. The van der Waals surface area contributed by atoms with E-state index in [0.717, 1.165) is 0 Å². The summed E-state index contributed by atoms with van der Waals surface area (Å²) >= 11 is 0. The summed E-state index contributed by atoms with van der Waals surface area (Å²) in [5.41, 5.74) is 0.0353. The fourth-order valence-corrected chi connectivity index (χ4v) is 2.33. The molecule has 2 amide bonds. The van der Waals surface area contributed by atoms with Gasteiger partial charge in [0, 0.05) is 20.5 Å². The third kappa shape index (κ3) is 4.97. The number of benzene rings is 1. The van der Waals surface area contributed by atoms with E-state index in [9.17, 15) is 24.0 Å². The van der Waals surface area contributed by atoms with Crippen LogP contribution in [0.1, 0.15) is 33.6 Å². The van der Waals surface area contributed by atoms with Crippen LogP contribution in [-0.2, 0) is 14.4 Å². The van der Waals surface area contributed by atoms with Gasteiger partial charge in [0.15, 0.2) is 12.6 Å². The van der Waals surface area contributed by atoms with Crippen molar-refractivity contribution in [2.45, 2.75) is 18.9 Å². The number of carbonyl (C=O) groups excluding carboxylic acids is 5. The summed E-state index contributed by atoms with van der Waals surface area (Å²) in [4.78, 5) is 58.4. The minimum absolute atomic E-state index is 0.00718. The number of nitrogens with zero attached hydrogens (tertiary/aromatic N) is 1. The van der Waals surface area contributed by atoms with Gasteiger partial charge in [0.25, 0.3) is 5.91 Å². The molecule has 1 rings (SSSR count). The van der Waals surface area contributed by atoms with E-state index in [1.54, 1.807) is 0 Å². The Morgan fingerprint density at radius 1 is 1.24 bits per heavy atom. The van der Waals surface area contributed by atoms with Gasteiger partial charge in [-0.1, -0.05) is 6.07 Å². The molecule has 8 heteroatoms. The van der Waals surface area contributed by atoms with Gasteiger partial charge in [0.1, 0.15) is 24.7 Å². The van der Waals surface area contributed by atoms with E-state index in [4.69, 9.17) is 4.74 Å². The summed E-state index contributed by atoms with van der Waals surface area (Å²) < 4.78 is 5.15. The molecule has 0 fully saturated rings. The molecule has 0 spiro atoms. The number of hydrogen-bond acceptors (Lipinski definition) is 6. The summed E-state index contributed by atoms with van der Waals surface area (Å²) in [6, 6.07) is 3.54. The second-order valence-corrected chi connectivity index (χ2v) is 5.10. The summed E-state index contributed by atoms with van der Waals surface area (Å²) in [5.74, 6) is -0.886. The van der Waals surface area contributed by atoms with Crippen LogP contribution in [0.15, 0.2) is 18.2 Å². The van der Waals surface area contributed by atoms with Crippen LogP contribution < -0.4 is 10.1 Å². The standard InChI is InChI=1S/C17H20N2O6/c1-18-16(23)14(6-4-8-20)19(2)17(24)12-5-3-7-15(13(12)11-22)25-10-9-21/h3,5,7-9,11,14H,4,6,10H2,1-2H3,(H,18,23). The maximum Gasteiger partial charge on any atom is 0.255 e. The molecule has 1 N–H and O–H groups in total. The quantitative estimate of drug-likeness (QED) is 0.607. The van der Waals surface area contributed by atoms with Crippen molar-refractivity contribution in [2.75, 3.05) is 20.7 Å². The van der Waals surface area contributed by atoms with Crippen molar-refractivity contribution in [2.24, 2.45) is 0 Å². The van der Waals surface area contributed by atoms with Crippen molar-refractivity contribution < 1.29 is 28.7 Å². The van der Waals surface area contributed by atoms with Crippen molar-refractivity contribution in [3.8, 4) is 5.75 Å². The van der Waals surface area contributed by atoms with E-state index < -0.39 is 17.9 Å². The molecule has 0 bridgehead atoms. The van der Waals surface area contributed by atoms with Crippen LogP contribution in [0.2, 0.25) is 0 Å². The van der Waals surface area contributed by atoms with Gasteiger partial charge in [-0.3, -0.25) is 19.2 Å². The third-order valence-corrected chi connectivity index (χ3v) is 3.62. The minimum Gasteiger partial charge on any atom is -0.485 e. The normalized spacial score (nSPS) is 11.1. The fraction of sp³-hybridized carbons (Fsp3) is 0.353. The van der Waals surface area contributed by atoms with Crippen molar-refractivity contribution >= 4 is 30.7 Å². The number of aldehydes is 3. The van der Waals surface area contributed by atoms with E-state index in [1.165, 1.54) is 37.2 Å². The Morgan fingerprint density at radius 3 is 2.52 bits per heavy atom. The van der Waals surface area contributed by atoms with Crippen molar-refractivity contribution in [3.05, 3.63) is 29.3 Å². The van der Waals surface area contributed by atoms with Crippen LogP contribution in [-0.4, -0.2) is 62.3 Å². The molecule has 1 aromatic carbocycles. The van der Waals surface area contributed by atoms with Crippen LogP contribution in [0.4, 0.5) is 0 Å². The molecule has 1 aromatic rings. The number of likely N-dealkylation sites (N-methyl/N-ethyl adjacent to an activating group) is 2. The Hall–Kier alpha value is -3.03. The van der Waals surface area contributed by atoms with Gasteiger partial charge in [-0.05, 0) is 18.6 Å². The monoisotopic (exact) mass is 348 g/mol. The molecule has 0 saturated carbocycles. The van der Waals surface area contributed by atoms with Crippen molar-refractivity contribution in [3.63, 3.8) is 0 Å². The molecule has 0 aliphatic rings. The first-order valence-corrected chi connectivity index (χ1v) is 7.58. The van der Waals surface area contributed by atoms with Crippen LogP contribution in [0.5, 0.6) is 5.75 Å². The Bertz CT molecular complexity index is 659. The lowest BCUT2D eigenvalue weighted by atomic mass is 10.0. The SMILES string of the molecule is CNC(=O)C(CCC=O)N(C)C(=O)c1cccc(OCC=O)c1C=O. The maximum atomic E-state index is 12.7. The Balaban J connectivity index is 3.18. The van der Waals surface area contributed by atoms with E-state index in [1.807, 2.05) is 0 Å². The number of ether oxygens (including phenoxy) is 1. The largest absolute Gasteiger partial charge is 0.485 e. The van der Waals surface area contributed by atoms with Crippen molar-refractivity contribution in [1.82, 2.24) is 10.2 Å². The van der Waals surface area contributed by atoms with Gasteiger partial charge in [-0.25, -0.2) is 0 Å². The third-order valence-electron chi connectivity index (χ3n) is 3.62. The lowest BCUT2D eigenvalue weighted by Crippen LogP contribution is -2.47. The van der Waals surface area contributed by atoms with Gasteiger partial charge in [0.2, 0.25) is 5.91 Å². The zero-order valence-corrected chi connectivity index (χ0v) is 14.1. The molecule has 0 aliphatic heterocycles. The van der Waals surface area contributed by atoms with Crippen molar-refractivity contribution in [1.29, 1.82) is 0 Å². The fourth-order valence-electron chi connectivity index (χ4n) is 2.33. The average Bonchev–Trinajstić information content (AvgIpc) is 2.64. The predicted molar refractivity (Wildman–Crippen MR) is 88.6 cm³/mol. The number of hydrogen-bond donors (Lipinski definition) is 1. The highest BCUT2D eigenvalue weighted by atomic mass is 16.5. The average molecular weight is 348 g/mol. The molecular weight excluding hydrogens is 328 g/mol. The first kappa shape index (κ1) is 20.0. The Morgan fingerprint density at radius 2 is 1.96 bits per heavy atom. The van der Waals surface area contributed by atoms with E-state index in [2.05, 4.69) is 5.32 Å². The smallest absolute Gasteiger partial charge is 0.255 e. The van der Waals surface area contributed by atoms with E-state index in [-0.39, 0.29) is 36.3 Å². The van der Waals surface area contributed by atoms with Gasteiger partial charge in [-0.15, -0.1) is 0 Å². The van der Waals surface area contributed by atoms with Crippen LogP contribution in [0.25, 0.3) is 0 Å². The highest BCUT2D eigenvalue weighted by molar-refractivity contribution is 6.04.